The molecule has 17 heavy (non-hydrogen) atoms. The van der Waals surface area contributed by atoms with E-state index >= 15 is 0 Å². The number of amides is 1. The summed E-state index contributed by atoms with van der Waals surface area (Å²) in [6, 6.07) is 1.82. The Bertz CT molecular complexity index is 424. The summed E-state index contributed by atoms with van der Waals surface area (Å²) in [4.78, 5) is 16.2. The van der Waals surface area contributed by atoms with Gasteiger partial charge in [0.25, 0.3) is 0 Å². The molecule has 0 unspecified atom stereocenters. The Hall–Kier alpha value is -1.42. The number of aryl methyl sites for hydroxylation is 1. The van der Waals surface area contributed by atoms with E-state index in [1.807, 2.05) is 13.0 Å². The minimum absolute atomic E-state index is 0.0485. The van der Waals surface area contributed by atoms with Crippen LogP contribution in [-0.4, -0.2) is 17.4 Å². The monoisotopic (exact) mass is 233 g/mol. The molecule has 1 aliphatic carbocycles. The van der Waals surface area contributed by atoms with Crippen LogP contribution >= 0.6 is 0 Å². The third-order valence-corrected chi connectivity index (χ3v) is 3.62. The van der Waals surface area contributed by atoms with E-state index in [-0.39, 0.29) is 11.3 Å². The second-order valence-corrected chi connectivity index (χ2v) is 5.14. The molecule has 0 saturated heterocycles. The molecule has 0 aliphatic heterocycles. The number of carbonyl (C=O) groups is 1. The van der Waals surface area contributed by atoms with Crippen LogP contribution in [0.1, 0.15) is 25.3 Å². The number of aromatic nitrogens is 1. The maximum atomic E-state index is 12.2. The lowest BCUT2D eigenvalue weighted by Gasteiger charge is -2.44. The summed E-state index contributed by atoms with van der Waals surface area (Å²) in [6.07, 6.45) is 5.20. The van der Waals surface area contributed by atoms with Gasteiger partial charge in [0.1, 0.15) is 0 Å². The first-order valence-corrected chi connectivity index (χ1v) is 5.99. The van der Waals surface area contributed by atoms with Gasteiger partial charge in [-0.3, -0.25) is 9.78 Å². The molecule has 1 amide bonds. The van der Waals surface area contributed by atoms with Gasteiger partial charge in [0.2, 0.25) is 5.91 Å². The molecule has 4 nitrogen and oxygen atoms in total. The normalized spacial score (nSPS) is 27.4. The molecule has 0 radical (unpaired) electrons. The van der Waals surface area contributed by atoms with Gasteiger partial charge in [-0.1, -0.05) is 6.92 Å². The van der Waals surface area contributed by atoms with Gasteiger partial charge in [0, 0.05) is 24.6 Å². The van der Waals surface area contributed by atoms with E-state index in [1.165, 1.54) is 0 Å². The van der Waals surface area contributed by atoms with Crippen LogP contribution in [0.15, 0.2) is 18.5 Å². The lowest BCUT2D eigenvalue weighted by atomic mass is 9.62. The number of nitrogens with two attached hydrogens (primary N) is 1. The summed E-state index contributed by atoms with van der Waals surface area (Å²) in [5.41, 5.74) is 7.20. The van der Waals surface area contributed by atoms with Gasteiger partial charge >= 0.3 is 0 Å². The van der Waals surface area contributed by atoms with Gasteiger partial charge < -0.3 is 11.1 Å². The van der Waals surface area contributed by atoms with Crippen LogP contribution in [-0.2, 0) is 4.79 Å². The van der Waals surface area contributed by atoms with Gasteiger partial charge in [-0.2, -0.15) is 0 Å². The van der Waals surface area contributed by atoms with Crippen LogP contribution in [0.5, 0.6) is 0 Å². The topological polar surface area (TPSA) is 68.0 Å². The van der Waals surface area contributed by atoms with Gasteiger partial charge in [-0.15, -0.1) is 0 Å². The minimum atomic E-state index is -0.352. The standard InChI is InChI=1S/C13H19N3O/c1-9-5-13(6-9,8-14)12(17)16-11-3-4-15-7-10(11)2/h3-4,7,9H,5-6,8,14H2,1-2H3,(H,15,16,17). The molecule has 0 bridgehead atoms. The number of nitrogens with one attached hydrogen (secondary N) is 1. The van der Waals surface area contributed by atoms with E-state index in [9.17, 15) is 4.79 Å². The molecular weight excluding hydrogens is 214 g/mol. The fourth-order valence-electron chi connectivity index (χ4n) is 2.59. The van der Waals surface area contributed by atoms with Crippen molar-refractivity contribution in [1.82, 2.24) is 4.98 Å². The third kappa shape index (κ3) is 2.17. The van der Waals surface area contributed by atoms with Gasteiger partial charge in [-0.05, 0) is 37.3 Å². The number of carbonyl (C=O) groups excluding carboxylic acids is 1. The zero-order valence-electron chi connectivity index (χ0n) is 10.4. The number of hydrogen-bond acceptors (Lipinski definition) is 3. The molecule has 1 aromatic rings. The van der Waals surface area contributed by atoms with Crippen molar-refractivity contribution in [2.24, 2.45) is 17.1 Å². The number of hydrogen-bond donors (Lipinski definition) is 2. The number of rotatable bonds is 3. The molecule has 1 saturated carbocycles. The molecule has 1 aliphatic rings. The van der Waals surface area contributed by atoms with Crippen molar-refractivity contribution in [2.75, 3.05) is 11.9 Å². The van der Waals surface area contributed by atoms with E-state index in [1.54, 1.807) is 12.4 Å². The molecule has 4 heteroatoms. The minimum Gasteiger partial charge on any atom is -0.329 e. The highest BCUT2D eigenvalue weighted by Gasteiger charge is 2.47. The predicted molar refractivity (Wildman–Crippen MR) is 67.5 cm³/mol. The summed E-state index contributed by atoms with van der Waals surface area (Å²) in [5, 5.41) is 2.97. The summed E-state index contributed by atoms with van der Waals surface area (Å²) in [7, 11) is 0. The Labute approximate surface area is 102 Å². The highest BCUT2D eigenvalue weighted by Crippen LogP contribution is 2.45. The van der Waals surface area contributed by atoms with Crippen molar-refractivity contribution in [1.29, 1.82) is 0 Å². The highest BCUT2D eigenvalue weighted by molar-refractivity contribution is 5.96. The second-order valence-electron chi connectivity index (χ2n) is 5.14. The SMILES string of the molecule is Cc1cnccc1NC(=O)C1(CN)CC(C)C1. The average Bonchev–Trinajstić information content (AvgIpc) is 2.27. The molecule has 92 valence electrons. The molecule has 1 aromatic heterocycles. The molecule has 0 aromatic carbocycles. The maximum Gasteiger partial charge on any atom is 0.231 e. The van der Waals surface area contributed by atoms with Crippen LogP contribution in [0.25, 0.3) is 0 Å². The van der Waals surface area contributed by atoms with E-state index in [4.69, 9.17) is 5.73 Å². The van der Waals surface area contributed by atoms with Crippen LogP contribution in [0.3, 0.4) is 0 Å². The molecule has 0 spiro atoms. The van der Waals surface area contributed by atoms with Gasteiger partial charge in [0.15, 0.2) is 0 Å². The first-order valence-electron chi connectivity index (χ1n) is 5.99. The molecule has 2 rings (SSSR count). The second kappa shape index (κ2) is 4.45. The average molecular weight is 233 g/mol. The fraction of sp³-hybridized carbons (Fsp3) is 0.538. The number of nitrogens with zero attached hydrogens (tertiary/aromatic N) is 1. The Balaban J connectivity index is 2.09. The van der Waals surface area contributed by atoms with E-state index in [0.29, 0.717) is 12.5 Å². The van der Waals surface area contributed by atoms with Crippen molar-refractivity contribution in [3.05, 3.63) is 24.0 Å². The lowest BCUT2D eigenvalue weighted by Crippen LogP contribution is -2.51. The predicted octanol–water partition coefficient (Wildman–Crippen LogP) is 1.70. The van der Waals surface area contributed by atoms with Crippen LogP contribution in [0, 0.1) is 18.3 Å². The molecule has 0 atom stereocenters. The van der Waals surface area contributed by atoms with E-state index in [2.05, 4.69) is 17.2 Å². The maximum absolute atomic E-state index is 12.2. The zero-order valence-corrected chi connectivity index (χ0v) is 10.4. The van der Waals surface area contributed by atoms with Crippen molar-refractivity contribution in [2.45, 2.75) is 26.7 Å². The van der Waals surface area contributed by atoms with E-state index < -0.39 is 0 Å². The highest BCUT2D eigenvalue weighted by atomic mass is 16.2. The van der Waals surface area contributed by atoms with Crippen LogP contribution in [0.2, 0.25) is 0 Å². The third-order valence-electron chi connectivity index (χ3n) is 3.62. The summed E-state index contributed by atoms with van der Waals surface area (Å²) in [6.45, 7) is 4.51. The summed E-state index contributed by atoms with van der Waals surface area (Å²) >= 11 is 0. The number of pyridine rings is 1. The Morgan fingerprint density at radius 2 is 2.35 bits per heavy atom. The molecule has 3 N–H and O–H groups in total. The Kier molecular flexibility index (Phi) is 3.15. The van der Waals surface area contributed by atoms with Gasteiger partial charge in [-0.25, -0.2) is 0 Å². The fourth-order valence-corrected chi connectivity index (χ4v) is 2.59. The first kappa shape index (κ1) is 12.0. The van der Waals surface area contributed by atoms with E-state index in [0.717, 1.165) is 24.1 Å². The van der Waals surface area contributed by atoms with Crippen molar-refractivity contribution in [3.63, 3.8) is 0 Å². The molecular formula is C13H19N3O. The number of anilines is 1. The Morgan fingerprint density at radius 3 is 2.88 bits per heavy atom. The largest absolute Gasteiger partial charge is 0.329 e. The lowest BCUT2D eigenvalue weighted by molar-refractivity contribution is -0.132. The molecule has 1 fully saturated rings. The quantitative estimate of drug-likeness (QED) is 0.835. The smallest absolute Gasteiger partial charge is 0.231 e. The van der Waals surface area contributed by atoms with Crippen LogP contribution in [0.4, 0.5) is 5.69 Å². The Morgan fingerprint density at radius 1 is 1.65 bits per heavy atom. The zero-order chi connectivity index (χ0) is 12.5. The van der Waals surface area contributed by atoms with Gasteiger partial charge in [0.05, 0.1) is 5.41 Å². The van der Waals surface area contributed by atoms with Crippen molar-refractivity contribution >= 4 is 11.6 Å². The van der Waals surface area contributed by atoms with Crippen molar-refractivity contribution < 1.29 is 4.79 Å². The molecule has 1 heterocycles. The van der Waals surface area contributed by atoms with Crippen molar-refractivity contribution in [3.8, 4) is 0 Å². The first-order chi connectivity index (χ1) is 8.07. The van der Waals surface area contributed by atoms with Crippen LogP contribution < -0.4 is 11.1 Å². The summed E-state index contributed by atoms with van der Waals surface area (Å²) < 4.78 is 0. The summed E-state index contributed by atoms with van der Waals surface area (Å²) in [5.74, 6) is 0.648.